The van der Waals surface area contributed by atoms with Crippen molar-refractivity contribution in [3.63, 3.8) is 0 Å². The monoisotopic (exact) mass is 195 g/mol. The Hall–Kier alpha value is -2.02. The third kappa shape index (κ3) is 2.99. The van der Waals surface area contributed by atoms with Gasteiger partial charge < -0.3 is 4.98 Å². The van der Waals surface area contributed by atoms with Gasteiger partial charge in [-0.15, -0.1) is 0 Å². The van der Waals surface area contributed by atoms with Gasteiger partial charge in [0.1, 0.15) is 0 Å². The number of hydrogen-bond donors (Lipinski definition) is 1. The second-order valence-corrected chi connectivity index (χ2v) is 3.27. The van der Waals surface area contributed by atoms with Crippen LogP contribution in [-0.2, 0) is 0 Å². The average molecular weight is 195 g/mol. The molecule has 0 atom stereocenters. The minimum atomic E-state index is 1.19. The highest BCUT2D eigenvalue weighted by atomic mass is 14.6. The highest BCUT2D eigenvalue weighted by Crippen LogP contribution is 2.03. The Morgan fingerprint density at radius 1 is 0.800 bits per heavy atom. The fourth-order valence-corrected chi connectivity index (χ4v) is 1.34. The van der Waals surface area contributed by atoms with E-state index in [9.17, 15) is 0 Å². The van der Waals surface area contributed by atoms with Gasteiger partial charge in [-0.05, 0) is 17.2 Å². The summed E-state index contributed by atoms with van der Waals surface area (Å²) in [6.07, 6.45) is 12.1. The molecule has 0 saturated heterocycles. The fraction of sp³-hybridized carbons (Fsp3) is 0. The maximum absolute atomic E-state index is 3.01. The van der Waals surface area contributed by atoms with Crippen LogP contribution in [0.4, 0.5) is 0 Å². The van der Waals surface area contributed by atoms with Gasteiger partial charge in [-0.25, -0.2) is 0 Å². The molecular weight excluding hydrogens is 182 g/mol. The van der Waals surface area contributed by atoms with Gasteiger partial charge in [0, 0.05) is 12.4 Å². The van der Waals surface area contributed by atoms with Crippen molar-refractivity contribution in [3.05, 3.63) is 72.1 Å². The third-order valence-corrected chi connectivity index (χ3v) is 2.11. The van der Waals surface area contributed by atoms with E-state index in [0.717, 1.165) is 0 Å². The molecule has 0 amide bonds. The lowest BCUT2D eigenvalue weighted by atomic mass is 10.2. The first kappa shape index (κ1) is 9.53. The summed E-state index contributed by atoms with van der Waals surface area (Å²) in [7, 11) is 0. The van der Waals surface area contributed by atoms with Crippen LogP contribution in [0.5, 0.6) is 0 Å². The van der Waals surface area contributed by atoms with E-state index in [1.54, 1.807) is 0 Å². The molecule has 2 rings (SSSR count). The van der Waals surface area contributed by atoms with E-state index < -0.39 is 0 Å². The number of H-pyrrole nitrogens is 1. The zero-order chi connectivity index (χ0) is 10.3. The van der Waals surface area contributed by atoms with Crippen LogP contribution in [0.3, 0.4) is 0 Å². The summed E-state index contributed by atoms with van der Waals surface area (Å²) in [5.74, 6) is 0. The molecule has 1 N–H and O–H groups in total. The number of allylic oxidation sites excluding steroid dienone is 2. The van der Waals surface area contributed by atoms with Gasteiger partial charge in [-0.3, -0.25) is 0 Å². The Bertz CT molecular complexity index is 435. The molecule has 2 aromatic rings. The Morgan fingerprint density at radius 2 is 1.53 bits per heavy atom. The number of nitrogens with one attached hydrogen (secondary N) is 1. The second kappa shape index (κ2) is 5.01. The molecule has 1 aromatic carbocycles. The van der Waals surface area contributed by atoms with Gasteiger partial charge in [0.05, 0.1) is 0 Å². The first-order valence-corrected chi connectivity index (χ1v) is 4.98. The number of aromatic nitrogens is 1. The van der Waals surface area contributed by atoms with Crippen LogP contribution in [0.25, 0.3) is 12.2 Å². The van der Waals surface area contributed by atoms with Crippen LogP contribution in [0.15, 0.2) is 60.9 Å². The summed E-state index contributed by atoms with van der Waals surface area (Å²) in [6, 6.07) is 12.3. The molecule has 0 saturated carbocycles. The molecule has 0 aliphatic heterocycles. The summed E-state index contributed by atoms with van der Waals surface area (Å²) in [5.41, 5.74) is 2.41. The molecule has 1 heterocycles. The van der Waals surface area contributed by atoms with Crippen molar-refractivity contribution >= 4 is 12.2 Å². The summed E-state index contributed by atoms with van der Waals surface area (Å²) in [4.78, 5) is 3.01. The van der Waals surface area contributed by atoms with Crippen molar-refractivity contribution in [2.45, 2.75) is 0 Å². The van der Waals surface area contributed by atoms with Crippen LogP contribution in [0, 0.1) is 0 Å². The van der Waals surface area contributed by atoms with Crippen LogP contribution in [0.1, 0.15) is 11.1 Å². The normalized spacial score (nSPS) is 11.5. The molecule has 0 fully saturated rings. The Balaban J connectivity index is 1.96. The van der Waals surface area contributed by atoms with Crippen molar-refractivity contribution < 1.29 is 0 Å². The molecular formula is C14H13N. The first-order chi connectivity index (χ1) is 7.45. The summed E-state index contributed by atoms with van der Waals surface area (Å²) in [6.45, 7) is 0. The van der Waals surface area contributed by atoms with Crippen molar-refractivity contribution in [1.29, 1.82) is 0 Å². The molecule has 1 nitrogen and oxygen atoms in total. The number of rotatable bonds is 3. The van der Waals surface area contributed by atoms with Gasteiger partial charge in [0.25, 0.3) is 0 Å². The summed E-state index contributed by atoms with van der Waals surface area (Å²) < 4.78 is 0. The van der Waals surface area contributed by atoms with Crippen LogP contribution >= 0.6 is 0 Å². The average Bonchev–Trinajstić information content (AvgIpc) is 2.79. The quantitative estimate of drug-likeness (QED) is 0.718. The smallest absolute Gasteiger partial charge is 0.00781 e. The molecule has 0 unspecified atom stereocenters. The van der Waals surface area contributed by atoms with E-state index in [4.69, 9.17) is 0 Å². The van der Waals surface area contributed by atoms with Gasteiger partial charge >= 0.3 is 0 Å². The highest BCUT2D eigenvalue weighted by molar-refractivity contribution is 5.56. The van der Waals surface area contributed by atoms with E-state index in [1.807, 2.05) is 48.8 Å². The number of hydrogen-bond acceptors (Lipinski definition) is 0. The Kier molecular flexibility index (Phi) is 3.18. The summed E-state index contributed by atoms with van der Waals surface area (Å²) in [5, 5.41) is 0. The Morgan fingerprint density at radius 3 is 2.20 bits per heavy atom. The lowest BCUT2D eigenvalue weighted by Crippen LogP contribution is -1.66. The number of benzene rings is 1. The molecule has 15 heavy (non-hydrogen) atoms. The van der Waals surface area contributed by atoms with Gasteiger partial charge in [-0.1, -0.05) is 54.6 Å². The molecule has 74 valence electrons. The van der Waals surface area contributed by atoms with Crippen molar-refractivity contribution in [2.24, 2.45) is 0 Å². The van der Waals surface area contributed by atoms with Crippen LogP contribution in [-0.4, -0.2) is 4.98 Å². The Labute approximate surface area is 89.8 Å². The lowest BCUT2D eigenvalue weighted by Gasteiger charge is -1.88. The first-order valence-electron chi connectivity index (χ1n) is 4.98. The van der Waals surface area contributed by atoms with Gasteiger partial charge in [-0.2, -0.15) is 0 Å². The predicted molar refractivity (Wildman–Crippen MR) is 65.3 cm³/mol. The SMILES string of the molecule is C(C=Cc1cc[nH]c1)=Cc1ccccc1. The van der Waals surface area contributed by atoms with E-state index >= 15 is 0 Å². The van der Waals surface area contributed by atoms with Crippen molar-refractivity contribution in [2.75, 3.05) is 0 Å². The van der Waals surface area contributed by atoms with E-state index in [2.05, 4.69) is 29.3 Å². The van der Waals surface area contributed by atoms with Crippen LogP contribution in [0.2, 0.25) is 0 Å². The van der Waals surface area contributed by atoms with Crippen molar-refractivity contribution in [3.8, 4) is 0 Å². The topological polar surface area (TPSA) is 15.8 Å². The maximum Gasteiger partial charge on any atom is 0.00781 e. The lowest BCUT2D eigenvalue weighted by molar-refractivity contribution is 1.41. The van der Waals surface area contributed by atoms with Crippen molar-refractivity contribution in [1.82, 2.24) is 4.98 Å². The second-order valence-electron chi connectivity index (χ2n) is 3.27. The number of aromatic amines is 1. The fourth-order valence-electron chi connectivity index (χ4n) is 1.34. The molecule has 0 spiro atoms. The minimum Gasteiger partial charge on any atom is -0.367 e. The maximum atomic E-state index is 3.01. The standard InChI is InChI=1S/C14H13N/c1-2-6-13(7-3-1)8-4-5-9-14-10-11-15-12-14/h1-12,15H. The zero-order valence-electron chi connectivity index (χ0n) is 8.43. The predicted octanol–water partition coefficient (Wildman–Crippen LogP) is 3.74. The van der Waals surface area contributed by atoms with E-state index in [0.29, 0.717) is 0 Å². The molecule has 1 aromatic heterocycles. The summed E-state index contributed by atoms with van der Waals surface area (Å²) >= 11 is 0. The van der Waals surface area contributed by atoms with Crippen LogP contribution < -0.4 is 0 Å². The molecule has 0 aliphatic rings. The molecule has 0 bridgehead atoms. The molecule has 0 radical (unpaired) electrons. The van der Waals surface area contributed by atoms with E-state index in [1.165, 1.54) is 11.1 Å². The highest BCUT2D eigenvalue weighted by Gasteiger charge is 1.82. The molecule has 1 heteroatoms. The van der Waals surface area contributed by atoms with Gasteiger partial charge in [0.2, 0.25) is 0 Å². The third-order valence-electron chi connectivity index (χ3n) is 2.11. The minimum absolute atomic E-state index is 1.19. The molecule has 0 aliphatic carbocycles. The van der Waals surface area contributed by atoms with E-state index in [-0.39, 0.29) is 0 Å². The largest absolute Gasteiger partial charge is 0.367 e. The van der Waals surface area contributed by atoms with Gasteiger partial charge in [0.15, 0.2) is 0 Å². The zero-order valence-corrected chi connectivity index (χ0v) is 8.43.